The van der Waals surface area contributed by atoms with Crippen molar-refractivity contribution in [2.45, 2.75) is 18.9 Å². The number of primary amides is 1. The molecule has 0 spiro atoms. The zero-order valence-electron chi connectivity index (χ0n) is 5.62. The van der Waals surface area contributed by atoms with E-state index in [1.165, 1.54) is 4.90 Å². The Morgan fingerprint density at radius 3 is 2.80 bits per heavy atom. The fourth-order valence-electron chi connectivity index (χ4n) is 1.22. The molecule has 4 heteroatoms. The van der Waals surface area contributed by atoms with Gasteiger partial charge in [0.05, 0.1) is 0 Å². The molecule has 10 heavy (non-hydrogen) atoms. The van der Waals surface area contributed by atoms with E-state index in [9.17, 15) is 9.59 Å². The van der Waals surface area contributed by atoms with Gasteiger partial charge in [0.15, 0.2) is 0 Å². The van der Waals surface area contributed by atoms with Crippen LogP contribution in [0.1, 0.15) is 12.8 Å². The molecule has 4 nitrogen and oxygen atoms in total. The van der Waals surface area contributed by atoms with Crippen LogP contribution in [-0.2, 0) is 9.59 Å². The molecule has 0 aromatic carbocycles. The van der Waals surface area contributed by atoms with Crippen molar-refractivity contribution in [3.63, 3.8) is 0 Å². The largest absolute Gasteiger partial charge is 0.368 e. The molecule has 56 valence electrons. The van der Waals surface area contributed by atoms with Gasteiger partial charge in [-0.25, -0.2) is 0 Å². The molecule has 2 N–H and O–H groups in total. The Morgan fingerprint density at radius 2 is 2.40 bits per heavy atom. The fraction of sp³-hybridized carbons (Fsp3) is 0.667. The Labute approximate surface area is 59.0 Å². The van der Waals surface area contributed by atoms with Crippen molar-refractivity contribution >= 4 is 12.3 Å². The van der Waals surface area contributed by atoms with Crippen LogP contribution in [0.3, 0.4) is 0 Å². The van der Waals surface area contributed by atoms with Gasteiger partial charge in [0.2, 0.25) is 12.3 Å². The van der Waals surface area contributed by atoms with E-state index in [-0.39, 0.29) is 6.04 Å². The Kier molecular flexibility index (Phi) is 1.89. The average Bonchev–Trinajstić information content (AvgIpc) is 2.33. The monoisotopic (exact) mass is 142 g/mol. The third kappa shape index (κ3) is 1.10. The summed E-state index contributed by atoms with van der Waals surface area (Å²) < 4.78 is 0. The topological polar surface area (TPSA) is 63.4 Å². The minimum Gasteiger partial charge on any atom is -0.368 e. The number of carbonyl (C=O) groups excluding carboxylic acids is 2. The van der Waals surface area contributed by atoms with E-state index in [1.54, 1.807) is 0 Å². The number of hydrogen-bond acceptors (Lipinski definition) is 2. The minimum absolute atomic E-state index is 0.350. The van der Waals surface area contributed by atoms with Gasteiger partial charge in [-0.1, -0.05) is 0 Å². The molecule has 1 aliphatic rings. The zero-order valence-corrected chi connectivity index (χ0v) is 5.62. The van der Waals surface area contributed by atoms with Crippen LogP contribution in [-0.4, -0.2) is 29.8 Å². The van der Waals surface area contributed by atoms with Crippen LogP contribution < -0.4 is 5.73 Å². The maximum Gasteiger partial charge on any atom is 0.240 e. The highest BCUT2D eigenvalue weighted by atomic mass is 16.2. The highest BCUT2D eigenvalue weighted by molar-refractivity contribution is 5.82. The number of amides is 2. The zero-order chi connectivity index (χ0) is 7.56. The van der Waals surface area contributed by atoms with Crippen LogP contribution in [0.2, 0.25) is 0 Å². The summed E-state index contributed by atoms with van der Waals surface area (Å²) in [6.07, 6.45) is 2.28. The first-order valence-corrected chi connectivity index (χ1v) is 3.26. The number of rotatable bonds is 2. The van der Waals surface area contributed by atoms with Gasteiger partial charge in [-0.15, -0.1) is 0 Å². The van der Waals surface area contributed by atoms with Crippen molar-refractivity contribution < 1.29 is 9.59 Å². The molecule has 1 unspecified atom stereocenters. The first-order chi connectivity index (χ1) is 4.75. The van der Waals surface area contributed by atoms with Crippen LogP contribution >= 0.6 is 0 Å². The van der Waals surface area contributed by atoms with Crippen molar-refractivity contribution in [2.24, 2.45) is 5.73 Å². The quantitative estimate of drug-likeness (QED) is 0.507. The average molecular weight is 142 g/mol. The van der Waals surface area contributed by atoms with E-state index in [0.717, 1.165) is 6.42 Å². The van der Waals surface area contributed by atoms with E-state index in [0.29, 0.717) is 19.4 Å². The third-order valence-electron chi connectivity index (χ3n) is 1.76. The van der Waals surface area contributed by atoms with Crippen LogP contribution in [0.25, 0.3) is 0 Å². The summed E-state index contributed by atoms with van der Waals surface area (Å²) in [6, 6.07) is -0.350. The van der Waals surface area contributed by atoms with Crippen LogP contribution in [0.15, 0.2) is 0 Å². The molecule has 0 bridgehead atoms. The maximum atomic E-state index is 10.6. The normalized spacial score (nSPS) is 24.8. The number of likely N-dealkylation sites (tertiary alicyclic amines) is 1. The molecule has 1 atom stereocenters. The molecule has 0 aliphatic carbocycles. The van der Waals surface area contributed by atoms with Gasteiger partial charge < -0.3 is 10.6 Å². The van der Waals surface area contributed by atoms with Gasteiger partial charge in [0, 0.05) is 6.54 Å². The lowest BCUT2D eigenvalue weighted by Crippen LogP contribution is -2.39. The van der Waals surface area contributed by atoms with Gasteiger partial charge in [-0.2, -0.15) is 0 Å². The Morgan fingerprint density at radius 1 is 1.70 bits per heavy atom. The van der Waals surface area contributed by atoms with Crippen molar-refractivity contribution in [2.75, 3.05) is 6.54 Å². The van der Waals surface area contributed by atoms with Gasteiger partial charge in [-0.3, -0.25) is 9.59 Å². The number of carbonyl (C=O) groups is 2. The lowest BCUT2D eigenvalue weighted by Gasteiger charge is -2.15. The summed E-state index contributed by atoms with van der Waals surface area (Å²) in [5.74, 6) is -0.399. The molecular weight excluding hydrogens is 132 g/mol. The SMILES string of the molecule is NC(=O)C1CCCN1C=O. The van der Waals surface area contributed by atoms with Crippen molar-refractivity contribution in [1.29, 1.82) is 0 Å². The molecule has 1 heterocycles. The van der Waals surface area contributed by atoms with Crippen LogP contribution in [0.5, 0.6) is 0 Å². The van der Waals surface area contributed by atoms with Crippen molar-refractivity contribution in [3.05, 3.63) is 0 Å². The van der Waals surface area contributed by atoms with Crippen molar-refractivity contribution in [3.8, 4) is 0 Å². The van der Waals surface area contributed by atoms with Gasteiger partial charge in [0.1, 0.15) is 6.04 Å². The Bertz CT molecular complexity index is 158. The molecule has 1 fully saturated rings. The van der Waals surface area contributed by atoms with Crippen molar-refractivity contribution in [1.82, 2.24) is 4.90 Å². The Balaban J connectivity index is 2.58. The van der Waals surface area contributed by atoms with E-state index in [1.807, 2.05) is 0 Å². The van der Waals surface area contributed by atoms with E-state index in [4.69, 9.17) is 5.73 Å². The predicted molar refractivity (Wildman–Crippen MR) is 35.0 cm³/mol. The molecule has 1 rings (SSSR count). The summed E-state index contributed by atoms with van der Waals surface area (Å²) in [6.45, 7) is 0.664. The smallest absolute Gasteiger partial charge is 0.240 e. The lowest BCUT2D eigenvalue weighted by molar-refractivity contribution is -0.128. The van der Waals surface area contributed by atoms with Gasteiger partial charge in [-0.05, 0) is 12.8 Å². The van der Waals surface area contributed by atoms with Crippen LogP contribution in [0.4, 0.5) is 0 Å². The Hall–Kier alpha value is -1.06. The second-order valence-electron chi connectivity index (χ2n) is 2.40. The van der Waals surface area contributed by atoms with E-state index >= 15 is 0 Å². The lowest BCUT2D eigenvalue weighted by atomic mass is 10.2. The molecule has 0 aromatic heterocycles. The van der Waals surface area contributed by atoms with E-state index in [2.05, 4.69) is 0 Å². The highest BCUT2D eigenvalue weighted by Crippen LogP contribution is 2.13. The van der Waals surface area contributed by atoms with Crippen LogP contribution in [0, 0.1) is 0 Å². The molecule has 0 radical (unpaired) electrons. The highest BCUT2D eigenvalue weighted by Gasteiger charge is 2.27. The molecule has 1 saturated heterocycles. The summed E-state index contributed by atoms with van der Waals surface area (Å²) >= 11 is 0. The summed E-state index contributed by atoms with van der Waals surface area (Å²) in [7, 11) is 0. The third-order valence-corrected chi connectivity index (χ3v) is 1.76. The number of nitrogens with zero attached hydrogens (tertiary/aromatic N) is 1. The molecule has 0 aromatic rings. The maximum absolute atomic E-state index is 10.6. The predicted octanol–water partition coefficient (Wildman–Crippen LogP) is -0.908. The molecular formula is C6H10N2O2. The fourth-order valence-corrected chi connectivity index (χ4v) is 1.22. The van der Waals surface area contributed by atoms with Gasteiger partial charge >= 0.3 is 0 Å². The number of nitrogens with two attached hydrogens (primary N) is 1. The summed E-state index contributed by atoms with van der Waals surface area (Å²) in [5.41, 5.74) is 5.02. The minimum atomic E-state index is -0.399. The second-order valence-corrected chi connectivity index (χ2v) is 2.40. The summed E-state index contributed by atoms with van der Waals surface area (Å²) in [4.78, 5) is 22.3. The summed E-state index contributed by atoms with van der Waals surface area (Å²) in [5, 5.41) is 0. The van der Waals surface area contributed by atoms with Gasteiger partial charge in [0.25, 0.3) is 0 Å². The van der Waals surface area contributed by atoms with E-state index < -0.39 is 5.91 Å². The number of hydrogen-bond donors (Lipinski definition) is 1. The molecule has 2 amide bonds. The molecule has 0 saturated carbocycles. The first-order valence-electron chi connectivity index (χ1n) is 3.26. The first kappa shape index (κ1) is 7.05. The standard InChI is InChI=1S/C6H10N2O2/c7-6(10)5-2-1-3-8(5)4-9/h4-5H,1-3H2,(H2,7,10). The molecule has 1 aliphatic heterocycles. The second kappa shape index (κ2) is 2.68.